The third-order valence-corrected chi connectivity index (χ3v) is 4.95. The first-order valence-corrected chi connectivity index (χ1v) is 7.10. The highest BCUT2D eigenvalue weighted by Gasteiger charge is 2.35. The molecule has 0 spiro atoms. The molecule has 1 aliphatic rings. The first kappa shape index (κ1) is 12.1. The smallest absolute Gasteiger partial charge is 0.223 e. The lowest BCUT2D eigenvalue weighted by molar-refractivity contribution is -0.136. The summed E-state index contributed by atoms with van der Waals surface area (Å²) < 4.78 is 1.06. The zero-order chi connectivity index (χ0) is 11.7. The summed E-state index contributed by atoms with van der Waals surface area (Å²) in [6, 6.07) is 2.10. The molecule has 0 radical (unpaired) electrons. The first-order valence-electron chi connectivity index (χ1n) is 5.43. The van der Waals surface area contributed by atoms with Crippen LogP contribution in [0.5, 0.6) is 0 Å². The molecular formula is C11H15BrN2OS. The number of halogens is 1. The molecule has 1 fully saturated rings. The van der Waals surface area contributed by atoms with Crippen LogP contribution in [0.1, 0.15) is 30.7 Å². The van der Waals surface area contributed by atoms with Crippen LogP contribution in [0.25, 0.3) is 0 Å². The molecule has 2 rings (SSSR count). The number of hydrogen-bond acceptors (Lipinski definition) is 3. The van der Waals surface area contributed by atoms with Gasteiger partial charge in [0.2, 0.25) is 5.91 Å². The number of amides is 1. The van der Waals surface area contributed by atoms with Gasteiger partial charge in [0.25, 0.3) is 0 Å². The molecule has 0 aromatic carbocycles. The zero-order valence-corrected chi connectivity index (χ0v) is 11.6. The topological polar surface area (TPSA) is 46.3 Å². The SMILES string of the molecule is CCN1C(=O)CCC(N)C1c1sccc1Br. The number of likely N-dealkylation sites (N-methyl/N-ethyl adjacent to an activating group) is 1. The van der Waals surface area contributed by atoms with Crippen molar-refractivity contribution in [3.63, 3.8) is 0 Å². The standard InChI is InChI=1S/C11H15BrN2OS/c1-2-14-9(15)4-3-8(13)10(14)11-7(12)5-6-16-11/h5-6,8,10H,2-4,13H2,1H3. The molecule has 3 nitrogen and oxygen atoms in total. The van der Waals surface area contributed by atoms with Crippen LogP contribution in [0.15, 0.2) is 15.9 Å². The lowest BCUT2D eigenvalue weighted by Gasteiger charge is -2.38. The lowest BCUT2D eigenvalue weighted by Crippen LogP contribution is -2.48. The van der Waals surface area contributed by atoms with E-state index in [9.17, 15) is 4.79 Å². The Hall–Kier alpha value is -0.390. The summed E-state index contributed by atoms with van der Waals surface area (Å²) in [5.74, 6) is 0.217. The van der Waals surface area contributed by atoms with Gasteiger partial charge in [-0.3, -0.25) is 4.79 Å². The molecule has 1 aromatic rings. The van der Waals surface area contributed by atoms with Crippen molar-refractivity contribution >= 4 is 33.2 Å². The van der Waals surface area contributed by atoms with Crippen molar-refractivity contribution in [3.8, 4) is 0 Å². The summed E-state index contributed by atoms with van der Waals surface area (Å²) in [7, 11) is 0. The van der Waals surface area contributed by atoms with Gasteiger partial charge in [0.05, 0.1) is 6.04 Å². The maximum absolute atomic E-state index is 11.8. The van der Waals surface area contributed by atoms with Gasteiger partial charge in [-0.05, 0) is 40.7 Å². The number of hydrogen-bond donors (Lipinski definition) is 1. The molecule has 0 aliphatic carbocycles. The summed E-state index contributed by atoms with van der Waals surface area (Å²) in [6.07, 6.45) is 1.36. The number of nitrogens with two attached hydrogens (primary N) is 1. The van der Waals surface area contributed by atoms with E-state index in [1.165, 1.54) is 4.88 Å². The van der Waals surface area contributed by atoms with Crippen LogP contribution in [0, 0.1) is 0 Å². The highest BCUT2D eigenvalue weighted by molar-refractivity contribution is 9.10. The highest BCUT2D eigenvalue weighted by atomic mass is 79.9. The summed E-state index contributed by atoms with van der Waals surface area (Å²) in [5, 5.41) is 2.03. The van der Waals surface area contributed by atoms with Crippen LogP contribution in [0.4, 0.5) is 0 Å². The Balaban J connectivity index is 2.35. The molecule has 1 aliphatic heterocycles. The van der Waals surface area contributed by atoms with Crippen molar-refractivity contribution in [2.45, 2.75) is 31.8 Å². The van der Waals surface area contributed by atoms with Gasteiger partial charge in [-0.25, -0.2) is 0 Å². The predicted molar refractivity (Wildman–Crippen MR) is 69.4 cm³/mol. The van der Waals surface area contributed by atoms with E-state index in [1.54, 1.807) is 11.3 Å². The van der Waals surface area contributed by atoms with E-state index in [0.29, 0.717) is 6.42 Å². The minimum atomic E-state index is 0.0422. The Bertz CT molecular complexity index is 393. The average Bonchev–Trinajstić information content (AvgIpc) is 2.67. The van der Waals surface area contributed by atoms with Crippen LogP contribution in [0.2, 0.25) is 0 Å². The number of thiophene rings is 1. The van der Waals surface area contributed by atoms with E-state index in [1.807, 2.05) is 23.3 Å². The third-order valence-electron chi connectivity index (χ3n) is 3.01. The van der Waals surface area contributed by atoms with E-state index in [0.717, 1.165) is 17.4 Å². The molecule has 0 saturated carbocycles. The fourth-order valence-corrected chi connectivity index (χ4v) is 4.00. The van der Waals surface area contributed by atoms with Gasteiger partial charge in [-0.2, -0.15) is 0 Å². The summed E-state index contributed by atoms with van der Waals surface area (Å²) in [5.41, 5.74) is 6.16. The molecular weight excluding hydrogens is 288 g/mol. The van der Waals surface area contributed by atoms with Gasteiger partial charge in [-0.15, -0.1) is 11.3 Å². The van der Waals surface area contributed by atoms with Crippen LogP contribution in [0.3, 0.4) is 0 Å². The normalized spacial score (nSPS) is 26.2. The van der Waals surface area contributed by atoms with Gasteiger partial charge in [-0.1, -0.05) is 0 Å². The first-order chi connectivity index (χ1) is 7.65. The van der Waals surface area contributed by atoms with Crippen molar-refractivity contribution < 1.29 is 4.79 Å². The second-order valence-electron chi connectivity index (χ2n) is 3.96. The van der Waals surface area contributed by atoms with E-state index in [-0.39, 0.29) is 18.0 Å². The summed E-state index contributed by atoms with van der Waals surface area (Å²) in [6.45, 7) is 2.73. The largest absolute Gasteiger partial charge is 0.334 e. The van der Waals surface area contributed by atoms with Gasteiger partial charge in [0.1, 0.15) is 0 Å². The van der Waals surface area contributed by atoms with Crippen molar-refractivity contribution in [1.82, 2.24) is 4.90 Å². The Labute approximate surface area is 108 Å². The molecule has 0 bridgehead atoms. The Morgan fingerprint density at radius 3 is 3.00 bits per heavy atom. The molecule has 2 heterocycles. The second-order valence-corrected chi connectivity index (χ2v) is 5.76. The van der Waals surface area contributed by atoms with Crippen LogP contribution >= 0.6 is 27.3 Å². The maximum Gasteiger partial charge on any atom is 0.223 e. The monoisotopic (exact) mass is 302 g/mol. The fraction of sp³-hybridized carbons (Fsp3) is 0.545. The molecule has 16 heavy (non-hydrogen) atoms. The van der Waals surface area contributed by atoms with Crippen LogP contribution in [-0.2, 0) is 4.79 Å². The highest BCUT2D eigenvalue weighted by Crippen LogP contribution is 2.37. The Morgan fingerprint density at radius 2 is 2.44 bits per heavy atom. The number of carbonyl (C=O) groups excluding carboxylic acids is 1. The number of carbonyl (C=O) groups is 1. The molecule has 88 valence electrons. The van der Waals surface area contributed by atoms with Crippen molar-refractivity contribution in [3.05, 3.63) is 20.8 Å². The van der Waals surface area contributed by atoms with E-state index < -0.39 is 0 Å². The predicted octanol–water partition coefficient (Wildman–Crippen LogP) is 2.52. The van der Waals surface area contributed by atoms with Crippen LogP contribution < -0.4 is 5.73 Å². The third kappa shape index (κ3) is 2.04. The molecule has 2 unspecified atom stereocenters. The summed E-state index contributed by atoms with van der Waals surface area (Å²) in [4.78, 5) is 14.9. The summed E-state index contributed by atoms with van der Waals surface area (Å²) >= 11 is 5.18. The van der Waals surface area contributed by atoms with E-state index >= 15 is 0 Å². The molecule has 1 amide bonds. The average molecular weight is 303 g/mol. The zero-order valence-electron chi connectivity index (χ0n) is 9.15. The minimum absolute atomic E-state index is 0.0422. The number of piperidine rings is 1. The Kier molecular flexibility index (Phi) is 3.66. The number of rotatable bonds is 2. The number of likely N-dealkylation sites (tertiary alicyclic amines) is 1. The van der Waals surface area contributed by atoms with E-state index in [2.05, 4.69) is 15.9 Å². The fourth-order valence-electron chi connectivity index (χ4n) is 2.20. The van der Waals surface area contributed by atoms with Crippen LogP contribution in [-0.4, -0.2) is 23.4 Å². The van der Waals surface area contributed by atoms with Gasteiger partial charge in [0, 0.05) is 28.4 Å². The quantitative estimate of drug-likeness (QED) is 0.912. The molecule has 1 aromatic heterocycles. The molecule has 1 saturated heterocycles. The lowest BCUT2D eigenvalue weighted by atomic mass is 9.95. The minimum Gasteiger partial charge on any atom is -0.334 e. The van der Waals surface area contributed by atoms with Crippen molar-refractivity contribution in [2.24, 2.45) is 5.73 Å². The number of nitrogens with zero attached hydrogens (tertiary/aromatic N) is 1. The van der Waals surface area contributed by atoms with Gasteiger partial charge >= 0.3 is 0 Å². The Morgan fingerprint density at radius 1 is 1.69 bits per heavy atom. The second kappa shape index (κ2) is 4.85. The molecule has 2 N–H and O–H groups in total. The van der Waals surface area contributed by atoms with Gasteiger partial charge < -0.3 is 10.6 Å². The van der Waals surface area contributed by atoms with Crippen molar-refractivity contribution in [2.75, 3.05) is 6.54 Å². The van der Waals surface area contributed by atoms with Crippen molar-refractivity contribution in [1.29, 1.82) is 0 Å². The molecule has 2 atom stereocenters. The maximum atomic E-state index is 11.8. The van der Waals surface area contributed by atoms with E-state index in [4.69, 9.17) is 5.73 Å². The van der Waals surface area contributed by atoms with Gasteiger partial charge in [0.15, 0.2) is 0 Å². The molecule has 5 heteroatoms.